The zero-order valence-electron chi connectivity index (χ0n) is 10.0. The Hall–Kier alpha value is -2.06. The van der Waals surface area contributed by atoms with Crippen molar-refractivity contribution in [1.82, 2.24) is 9.88 Å². The molecule has 0 radical (unpaired) electrons. The Bertz CT molecular complexity index is 484. The highest BCUT2D eigenvalue weighted by Crippen LogP contribution is 2.08. The quantitative estimate of drug-likeness (QED) is 0.777. The van der Waals surface area contributed by atoms with Gasteiger partial charge in [0.2, 0.25) is 0 Å². The van der Waals surface area contributed by atoms with Gasteiger partial charge in [0.15, 0.2) is 0 Å². The van der Waals surface area contributed by atoms with Gasteiger partial charge < -0.3 is 5.11 Å². The molecule has 0 atom stereocenters. The normalized spacial score (nSPS) is 14.9. The molecule has 94 valence electrons. The van der Waals surface area contributed by atoms with Gasteiger partial charge >= 0.3 is 6.09 Å². The number of carboxylic acid groups (broad SMARTS) is 1. The van der Waals surface area contributed by atoms with Crippen LogP contribution in [0.15, 0.2) is 18.5 Å². The first-order chi connectivity index (χ1) is 8.74. The molecule has 1 aromatic rings. The van der Waals surface area contributed by atoms with E-state index in [0.29, 0.717) is 5.69 Å². The maximum Gasteiger partial charge on any atom is 0.409 e. The van der Waals surface area contributed by atoms with E-state index in [0.717, 1.165) is 25.2 Å². The predicted octanol–water partition coefficient (Wildman–Crippen LogP) is 1.62. The van der Waals surface area contributed by atoms with Crippen molar-refractivity contribution < 1.29 is 9.90 Å². The molecule has 1 aromatic heterocycles. The predicted molar refractivity (Wildman–Crippen MR) is 68.4 cm³/mol. The van der Waals surface area contributed by atoms with E-state index < -0.39 is 6.09 Å². The van der Waals surface area contributed by atoms with E-state index in [9.17, 15) is 4.79 Å². The maximum absolute atomic E-state index is 10.5. The number of amides is 1. The molecule has 5 nitrogen and oxygen atoms in total. The summed E-state index contributed by atoms with van der Waals surface area (Å²) in [6.07, 6.45) is 4.49. The molecule has 1 fully saturated rings. The van der Waals surface area contributed by atoms with Crippen LogP contribution in [0.2, 0.25) is 0 Å². The Morgan fingerprint density at radius 2 is 2.22 bits per heavy atom. The molecule has 1 aliphatic heterocycles. The Morgan fingerprint density at radius 3 is 2.94 bits per heavy atom. The minimum atomic E-state index is -1.10. The first-order valence-corrected chi connectivity index (χ1v) is 5.90. The van der Waals surface area contributed by atoms with Crippen molar-refractivity contribution in [3.05, 3.63) is 24.0 Å². The van der Waals surface area contributed by atoms with Gasteiger partial charge in [0.25, 0.3) is 0 Å². The lowest BCUT2D eigenvalue weighted by atomic mass is 10.2. The van der Waals surface area contributed by atoms with Crippen molar-refractivity contribution in [3.63, 3.8) is 0 Å². The number of aromatic nitrogens is 1. The fourth-order valence-electron chi connectivity index (χ4n) is 1.89. The molecule has 2 N–H and O–H groups in total. The van der Waals surface area contributed by atoms with Gasteiger partial charge in [0, 0.05) is 11.8 Å². The third kappa shape index (κ3) is 3.75. The average molecular weight is 245 g/mol. The van der Waals surface area contributed by atoms with Gasteiger partial charge in [-0.2, -0.15) is 0 Å². The molecular weight excluding hydrogens is 230 g/mol. The molecule has 0 unspecified atom stereocenters. The summed E-state index contributed by atoms with van der Waals surface area (Å²) in [6, 6.07) is 1.68. The van der Waals surface area contributed by atoms with Gasteiger partial charge in [0.05, 0.1) is 18.4 Å². The second-order valence-electron chi connectivity index (χ2n) is 4.18. The van der Waals surface area contributed by atoms with Crippen molar-refractivity contribution in [2.24, 2.45) is 0 Å². The summed E-state index contributed by atoms with van der Waals surface area (Å²) >= 11 is 0. The van der Waals surface area contributed by atoms with Crippen LogP contribution >= 0.6 is 0 Å². The number of nitrogens with one attached hydrogen (secondary N) is 1. The second kappa shape index (κ2) is 6.03. The Labute approximate surface area is 106 Å². The molecule has 5 heteroatoms. The summed E-state index contributed by atoms with van der Waals surface area (Å²) in [5.74, 6) is 6.08. The Morgan fingerprint density at radius 1 is 1.44 bits per heavy atom. The van der Waals surface area contributed by atoms with Crippen LogP contribution in [-0.4, -0.2) is 40.7 Å². The molecule has 2 rings (SSSR count). The minimum Gasteiger partial charge on any atom is -0.465 e. The van der Waals surface area contributed by atoms with Gasteiger partial charge in [-0.05, 0) is 32.0 Å². The van der Waals surface area contributed by atoms with Crippen LogP contribution in [0.25, 0.3) is 0 Å². The number of anilines is 1. The third-order valence-electron chi connectivity index (χ3n) is 2.72. The molecular formula is C13H15N3O2. The lowest BCUT2D eigenvalue weighted by Crippen LogP contribution is -2.18. The molecule has 0 aromatic carbocycles. The molecule has 18 heavy (non-hydrogen) atoms. The van der Waals surface area contributed by atoms with E-state index in [1.54, 1.807) is 12.3 Å². The van der Waals surface area contributed by atoms with Crippen molar-refractivity contribution in [2.45, 2.75) is 12.8 Å². The molecule has 1 saturated heterocycles. The van der Waals surface area contributed by atoms with Crippen molar-refractivity contribution in [3.8, 4) is 11.8 Å². The van der Waals surface area contributed by atoms with Crippen molar-refractivity contribution in [2.75, 3.05) is 25.0 Å². The van der Waals surface area contributed by atoms with Gasteiger partial charge in [-0.15, -0.1) is 0 Å². The van der Waals surface area contributed by atoms with E-state index in [1.165, 1.54) is 19.0 Å². The average Bonchev–Trinajstić information content (AvgIpc) is 2.82. The first kappa shape index (κ1) is 12.4. The molecule has 2 heterocycles. The molecule has 1 aliphatic rings. The Kier molecular flexibility index (Phi) is 4.15. The molecule has 1 amide bonds. The third-order valence-corrected chi connectivity index (χ3v) is 2.72. The van der Waals surface area contributed by atoms with E-state index >= 15 is 0 Å². The van der Waals surface area contributed by atoms with Gasteiger partial charge in [0.1, 0.15) is 0 Å². The summed E-state index contributed by atoms with van der Waals surface area (Å²) in [5.41, 5.74) is 1.16. The highest BCUT2D eigenvalue weighted by molar-refractivity contribution is 5.82. The fraction of sp³-hybridized carbons (Fsp3) is 0.385. The molecule has 0 spiro atoms. The molecule has 0 saturated carbocycles. The number of rotatable bonds is 2. The lowest BCUT2D eigenvalue weighted by Gasteiger charge is -2.08. The van der Waals surface area contributed by atoms with Crippen LogP contribution in [0.3, 0.4) is 0 Å². The topological polar surface area (TPSA) is 65.5 Å². The standard InChI is InChI=1S/C13H15N3O2/c17-13(18)15-12-8-11(9-14-10-12)4-3-7-16-5-1-2-6-16/h8-10,15H,1-2,5-7H2,(H,17,18). The van der Waals surface area contributed by atoms with E-state index in [4.69, 9.17) is 5.11 Å². The van der Waals surface area contributed by atoms with Crippen LogP contribution in [-0.2, 0) is 0 Å². The lowest BCUT2D eigenvalue weighted by molar-refractivity contribution is 0.209. The first-order valence-electron chi connectivity index (χ1n) is 5.90. The van der Waals surface area contributed by atoms with E-state index in [1.807, 2.05) is 0 Å². The van der Waals surface area contributed by atoms with Gasteiger partial charge in [-0.25, -0.2) is 4.79 Å². The van der Waals surface area contributed by atoms with Crippen LogP contribution in [0, 0.1) is 11.8 Å². The number of hydrogen-bond acceptors (Lipinski definition) is 3. The van der Waals surface area contributed by atoms with Gasteiger partial charge in [-0.1, -0.05) is 11.8 Å². The van der Waals surface area contributed by atoms with Crippen LogP contribution in [0.4, 0.5) is 10.5 Å². The van der Waals surface area contributed by atoms with Crippen LogP contribution in [0.1, 0.15) is 18.4 Å². The summed E-state index contributed by atoms with van der Waals surface area (Å²) < 4.78 is 0. The maximum atomic E-state index is 10.5. The number of nitrogens with zero attached hydrogens (tertiary/aromatic N) is 2. The summed E-state index contributed by atoms with van der Waals surface area (Å²) in [7, 11) is 0. The monoisotopic (exact) mass is 245 g/mol. The summed E-state index contributed by atoms with van der Waals surface area (Å²) in [6.45, 7) is 3.00. The number of carbonyl (C=O) groups is 1. The number of likely N-dealkylation sites (tertiary alicyclic amines) is 1. The fourth-order valence-corrected chi connectivity index (χ4v) is 1.89. The van der Waals surface area contributed by atoms with Crippen molar-refractivity contribution >= 4 is 11.8 Å². The van der Waals surface area contributed by atoms with Crippen LogP contribution in [0.5, 0.6) is 0 Å². The highest BCUT2D eigenvalue weighted by Gasteiger charge is 2.08. The van der Waals surface area contributed by atoms with Crippen molar-refractivity contribution in [1.29, 1.82) is 0 Å². The second-order valence-corrected chi connectivity index (χ2v) is 4.18. The number of hydrogen-bond donors (Lipinski definition) is 2. The largest absolute Gasteiger partial charge is 0.465 e. The smallest absolute Gasteiger partial charge is 0.409 e. The van der Waals surface area contributed by atoms with E-state index in [2.05, 4.69) is 27.0 Å². The minimum absolute atomic E-state index is 0.440. The molecule has 0 bridgehead atoms. The SMILES string of the molecule is O=C(O)Nc1cncc(C#CCN2CCCC2)c1. The molecule has 0 aliphatic carbocycles. The summed E-state index contributed by atoms with van der Waals surface area (Å²) in [4.78, 5) is 16.7. The van der Waals surface area contributed by atoms with Crippen LogP contribution < -0.4 is 5.32 Å². The zero-order chi connectivity index (χ0) is 12.8. The van der Waals surface area contributed by atoms with E-state index in [-0.39, 0.29) is 0 Å². The Balaban J connectivity index is 1.95. The zero-order valence-corrected chi connectivity index (χ0v) is 10.0. The highest BCUT2D eigenvalue weighted by atomic mass is 16.4. The van der Waals surface area contributed by atoms with Gasteiger partial charge in [-0.3, -0.25) is 15.2 Å². The summed E-state index contributed by atoms with van der Waals surface area (Å²) in [5, 5.41) is 10.8. The number of pyridine rings is 1.